The second-order valence-electron chi connectivity index (χ2n) is 8.63. The first kappa shape index (κ1) is 22.2. The van der Waals surface area contributed by atoms with Crippen LogP contribution >= 0.6 is 0 Å². The molecule has 2 N–H and O–H groups in total. The molecule has 34 heavy (non-hydrogen) atoms. The number of carbonyl (C=O) groups is 2. The molecule has 0 aliphatic carbocycles. The highest BCUT2D eigenvalue weighted by Crippen LogP contribution is 2.43. The highest BCUT2D eigenvalue weighted by Gasteiger charge is 2.43. The molecule has 1 fully saturated rings. The number of nitrogens with one attached hydrogen (secondary N) is 2. The Bertz CT molecular complexity index is 1150. The summed E-state index contributed by atoms with van der Waals surface area (Å²) >= 11 is 0. The Hall–Kier alpha value is -3.62. The van der Waals surface area contributed by atoms with Crippen molar-refractivity contribution in [2.24, 2.45) is 0 Å². The quantitative estimate of drug-likeness (QED) is 0.591. The highest BCUT2D eigenvalue weighted by atomic mass is 16.5. The molecule has 1 atom stereocenters. The predicted molar refractivity (Wildman–Crippen MR) is 127 cm³/mol. The number of nitrogens with zero attached hydrogens (tertiary/aromatic N) is 3. The van der Waals surface area contributed by atoms with Gasteiger partial charge in [0.2, 0.25) is 11.8 Å². The number of aromatic nitrogens is 2. The van der Waals surface area contributed by atoms with Crippen LogP contribution in [0.15, 0.2) is 73.2 Å². The van der Waals surface area contributed by atoms with Crippen molar-refractivity contribution in [3.63, 3.8) is 0 Å². The monoisotopic (exact) mass is 457 g/mol. The summed E-state index contributed by atoms with van der Waals surface area (Å²) in [6.45, 7) is 1.93. The number of likely N-dealkylation sites (tertiary alicyclic amines) is 1. The predicted octanol–water partition coefficient (Wildman–Crippen LogP) is 2.79. The van der Waals surface area contributed by atoms with Crippen molar-refractivity contribution in [3.8, 4) is 0 Å². The number of hydrogen-bond donors (Lipinski definition) is 2. The fourth-order valence-electron chi connectivity index (χ4n) is 4.79. The van der Waals surface area contributed by atoms with Gasteiger partial charge in [-0.1, -0.05) is 54.6 Å². The van der Waals surface area contributed by atoms with Gasteiger partial charge in [-0.05, 0) is 29.5 Å². The lowest BCUT2D eigenvalue weighted by molar-refractivity contribution is -0.137. The van der Waals surface area contributed by atoms with E-state index in [0.717, 1.165) is 18.4 Å². The molecule has 2 aliphatic heterocycles. The van der Waals surface area contributed by atoms with E-state index in [1.807, 2.05) is 47.4 Å². The molecule has 0 unspecified atom stereocenters. The molecule has 1 saturated heterocycles. The van der Waals surface area contributed by atoms with Gasteiger partial charge in [0.05, 0.1) is 24.9 Å². The second kappa shape index (κ2) is 9.70. The number of benzene rings is 2. The van der Waals surface area contributed by atoms with Gasteiger partial charge in [0.15, 0.2) is 5.82 Å². The van der Waals surface area contributed by atoms with Gasteiger partial charge >= 0.3 is 0 Å². The van der Waals surface area contributed by atoms with Gasteiger partial charge in [0.1, 0.15) is 6.04 Å². The first-order chi connectivity index (χ1) is 16.6. The van der Waals surface area contributed by atoms with E-state index in [4.69, 9.17) is 4.74 Å². The molecule has 0 radical (unpaired) electrons. The van der Waals surface area contributed by atoms with Crippen LogP contribution in [0.5, 0.6) is 0 Å². The van der Waals surface area contributed by atoms with Gasteiger partial charge in [0.25, 0.3) is 0 Å². The maximum atomic E-state index is 13.0. The smallest absolute Gasteiger partial charge is 0.247 e. The van der Waals surface area contributed by atoms with Gasteiger partial charge < -0.3 is 15.0 Å². The first-order valence-corrected chi connectivity index (χ1v) is 11.5. The van der Waals surface area contributed by atoms with Gasteiger partial charge in [0, 0.05) is 25.5 Å². The number of fused-ring (bicyclic) bond motifs is 2. The van der Waals surface area contributed by atoms with Crippen LogP contribution in [0.4, 0.5) is 5.82 Å². The van der Waals surface area contributed by atoms with E-state index in [1.165, 1.54) is 23.5 Å². The van der Waals surface area contributed by atoms with E-state index >= 15 is 0 Å². The number of amides is 2. The van der Waals surface area contributed by atoms with Gasteiger partial charge in [-0.15, -0.1) is 0 Å². The Kier molecular flexibility index (Phi) is 6.33. The van der Waals surface area contributed by atoms with Crippen LogP contribution in [0.25, 0.3) is 0 Å². The Morgan fingerprint density at radius 3 is 2.56 bits per heavy atom. The van der Waals surface area contributed by atoms with E-state index in [2.05, 4.69) is 32.7 Å². The summed E-state index contributed by atoms with van der Waals surface area (Å²) < 4.78 is 6.21. The molecule has 3 aromatic rings. The summed E-state index contributed by atoms with van der Waals surface area (Å²) in [5.74, 6) is 0.0298. The normalized spacial score (nSPS) is 17.2. The SMILES string of the molecule is O=C(Nc1cnccn1)[C@H](NCC(=O)N1CCC2(CC1)OCc1ccccc12)c1ccccc1. The summed E-state index contributed by atoms with van der Waals surface area (Å²) in [5.41, 5.74) is 2.98. The Morgan fingerprint density at radius 1 is 1.03 bits per heavy atom. The topological polar surface area (TPSA) is 96.4 Å². The Morgan fingerprint density at radius 2 is 1.79 bits per heavy atom. The number of ether oxygens (including phenoxy) is 1. The molecular formula is C26H27N5O3. The molecule has 1 aromatic heterocycles. The molecule has 2 aliphatic rings. The molecule has 2 aromatic carbocycles. The molecule has 3 heterocycles. The van der Waals surface area contributed by atoms with Crippen LogP contribution in [-0.2, 0) is 26.5 Å². The highest BCUT2D eigenvalue weighted by molar-refractivity contribution is 5.95. The minimum Gasteiger partial charge on any atom is -0.365 e. The fourth-order valence-corrected chi connectivity index (χ4v) is 4.79. The minimum absolute atomic E-state index is 0.0330. The third-order valence-electron chi connectivity index (χ3n) is 6.60. The average Bonchev–Trinajstić information content (AvgIpc) is 3.24. The number of anilines is 1. The van der Waals surface area contributed by atoms with Crippen molar-refractivity contribution >= 4 is 17.6 Å². The second-order valence-corrected chi connectivity index (χ2v) is 8.63. The lowest BCUT2D eigenvalue weighted by atomic mass is 9.84. The Balaban J connectivity index is 1.22. The number of hydrogen-bond acceptors (Lipinski definition) is 6. The molecule has 0 bridgehead atoms. The summed E-state index contributed by atoms with van der Waals surface area (Å²) in [7, 11) is 0. The first-order valence-electron chi connectivity index (χ1n) is 11.5. The summed E-state index contributed by atoms with van der Waals surface area (Å²) in [6, 6.07) is 17.0. The van der Waals surface area contributed by atoms with Crippen LogP contribution in [0.2, 0.25) is 0 Å². The van der Waals surface area contributed by atoms with E-state index in [9.17, 15) is 9.59 Å². The van der Waals surface area contributed by atoms with Crippen molar-refractivity contribution in [3.05, 3.63) is 89.9 Å². The van der Waals surface area contributed by atoms with Crippen LogP contribution in [0.1, 0.15) is 35.6 Å². The zero-order chi connectivity index (χ0) is 23.4. The lowest BCUT2D eigenvalue weighted by Crippen LogP contribution is -2.48. The Labute approximate surface area is 198 Å². The van der Waals surface area contributed by atoms with Crippen LogP contribution in [0.3, 0.4) is 0 Å². The molecule has 8 nitrogen and oxygen atoms in total. The van der Waals surface area contributed by atoms with E-state index in [1.54, 1.807) is 6.20 Å². The fraction of sp³-hybridized carbons (Fsp3) is 0.308. The third-order valence-corrected chi connectivity index (χ3v) is 6.60. The van der Waals surface area contributed by atoms with Crippen molar-refractivity contribution in [2.45, 2.75) is 31.1 Å². The van der Waals surface area contributed by atoms with Crippen molar-refractivity contribution < 1.29 is 14.3 Å². The van der Waals surface area contributed by atoms with Gasteiger partial charge in [-0.25, -0.2) is 4.98 Å². The largest absolute Gasteiger partial charge is 0.365 e. The summed E-state index contributed by atoms with van der Waals surface area (Å²) in [4.78, 5) is 36.0. The minimum atomic E-state index is -0.701. The zero-order valence-electron chi connectivity index (χ0n) is 18.8. The molecule has 1 spiro atoms. The number of carbonyl (C=O) groups excluding carboxylic acids is 2. The average molecular weight is 458 g/mol. The molecule has 174 valence electrons. The van der Waals surface area contributed by atoms with Crippen molar-refractivity contribution in [1.82, 2.24) is 20.2 Å². The van der Waals surface area contributed by atoms with E-state index in [0.29, 0.717) is 25.5 Å². The molecule has 5 rings (SSSR count). The maximum Gasteiger partial charge on any atom is 0.247 e. The third kappa shape index (κ3) is 4.55. The van der Waals surface area contributed by atoms with Crippen LogP contribution < -0.4 is 10.6 Å². The lowest BCUT2D eigenvalue weighted by Gasteiger charge is -2.39. The van der Waals surface area contributed by atoms with E-state index in [-0.39, 0.29) is 24.0 Å². The molecule has 8 heteroatoms. The zero-order valence-corrected chi connectivity index (χ0v) is 18.8. The molecule has 2 amide bonds. The summed E-state index contributed by atoms with van der Waals surface area (Å²) in [5, 5.41) is 5.92. The standard InChI is InChI=1S/C26H27N5O3/c32-23(31-14-10-26(11-15-31)21-9-5-4-8-20(21)18-34-26)17-29-24(19-6-2-1-3-7-19)25(33)30-22-16-27-12-13-28-22/h1-9,12-13,16,24,29H,10-11,14-15,17-18H2,(H,28,30,33)/t24-/m1/s1. The van der Waals surface area contributed by atoms with Gasteiger partial charge in [-0.3, -0.25) is 19.9 Å². The molecular weight excluding hydrogens is 430 g/mol. The summed E-state index contributed by atoms with van der Waals surface area (Å²) in [6.07, 6.45) is 6.08. The number of rotatable bonds is 6. The number of piperidine rings is 1. The van der Waals surface area contributed by atoms with Gasteiger partial charge in [-0.2, -0.15) is 0 Å². The van der Waals surface area contributed by atoms with E-state index < -0.39 is 6.04 Å². The van der Waals surface area contributed by atoms with Crippen LogP contribution in [0, 0.1) is 0 Å². The van der Waals surface area contributed by atoms with Crippen molar-refractivity contribution in [2.75, 3.05) is 25.0 Å². The molecule has 0 saturated carbocycles. The van der Waals surface area contributed by atoms with Crippen molar-refractivity contribution in [1.29, 1.82) is 0 Å². The van der Waals surface area contributed by atoms with Crippen LogP contribution in [-0.4, -0.2) is 46.3 Å². The maximum absolute atomic E-state index is 13.0.